The van der Waals surface area contributed by atoms with E-state index in [0.29, 0.717) is 5.82 Å². The molecule has 0 amide bonds. The molecule has 0 radical (unpaired) electrons. The SMILES string of the molecule is COC(=O)Cn1nc(C)cc1N.Cl. The number of carbonyl (C=O) groups excluding carboxylic acids is 1. The zero-order chi connectivity index (χ0) is 9.14. The lowest BCUT2D eigenvalue weighted by atomic mass is 10.5. The second kappa shape index (κ2) is 4.71. The van der Waals surface area contributed by atoms with Crippen molar-refractivity contribution in [1.29, 1.82) is 0 Å². The van der Waals surface area contributed by atoms with Crippen LogP contribution in [0.15, 0.2) is 6.07 Å². The van der Waals surface area contributed by atoms with Gasteiger partial charge in [0.05, 0.1) is 12.8 Å². The van der Waals surface area contributed by atoms with Crippen molar-refractivity contribution in [2.24, 2.45) is 0 Å². The Hall–Kier alpha value is -1.23. The smallest absolute Gasteiger partial charge is 0.327 e. The van der Waals surface area contributed by atoms with Crippen molar-refractivity contribution in [3.8, 4) is 0 Å². The van der Waals surface area contributed by atoms with E-state index in [0.717, 1.165) is 5.69 Å². The minimum Gasteiger partial charge on any atom is -0.468 e. The van der Waals surface area contributed by atoms with E-state index in [1.807, 2.05) is 6.92 Å². The Morgan fingerprint density at radius 3 is 2.77 bits per heavy atom. The van der Waals surface area contributed by atoms with Crippen LogP contribution in [-0.2, 0) is 16.1 Å². The largest absolute Gasteiger partial charge is 0.468 e. The Kier molecular flexibility index (Phi) is 4.27. The quantitative estimate of drug-likeness (QED) is 0.709. The molecule has 0 spiro atoms. The highest BCUT2D eigenvalue weighted by molar-refractivity contribution is 5.85. The van der Waals surface area contributed by atoms with E-state index in [1.165, 1.54) is 11.8 Å². The summed E-state index contributed by atoms with van der Waals surface area (Å²) in [7, 11) is 1.33. The number of anilines is 1. The molecular weight excluding hydrogens is 194 g/mol. The highest BCUT2D eigenvalue weighted by Gasteiger charge is 2.06. The van der Waals surface area contributed by atoms with E-state index >= 15 is 0 Å². The number of methoxy groups -OCH3 is 1. The van der Waals surface area contributed by atoms with Crippen LogP contribution in [0.4, 0.5) is 5.82 Å². The summed E-state index contributed by atoms with van der Waals surface area (Å²) in [6, 6.07) is 1.70. The molecule has 1 heterocycles. The summed E-state index contributed by atoms with van der Waals surface area (Å²) < 4.78 is 5.87. The van der Waals surface area contributed by atoms with Crippen molar-refractivity contribution < 1.29 is 9.53 Å². The van der Waals surface area contributed by atoms with Crippen LogP contribution in [0.2, 0.25) is 0 Å². The van der Waals surface area contributed by atoms with Crippen LogP contribution < -0.4 is 5.73 Å². The zero-order valence-electron chi connectivity index (χ0n) is 7.48. The Balaban J connectivity index is 0.00000144. The molecule has 0 bridgehead atoms. The van der Waals surface area contributed by atoms with Crippen LogP contribution in [0.25, 0.3) is 0 Å². The van der Waals surface area contributed by atoms with Crippen LogP contribution in [0.5, 0.6) is 0 Å². The van der Waals surface area contributed by atoms with Crippen LogP contribution >= 0.6 is 12.4 Å². The van der Waals surface area contributed by atoms with E-state index in [2.05, 4.69) is 9.84 Å². The van der Waals surface area contributed by atoms with E-state index < -0.39 is 0 Å². The summed E-state index contributed by atoms with van der Waals surface area (Å²) in [6.45, 7) is 1.88. The van der Waals surface area contributed by atoms with Crippen molar-refractivity contribution >= 4 is 24.2 Å². The first-order valence-corrected chi connectivity index (χ1v) is 3.50. The fourth-order valence-electron chi connectivity index (χ4n) is 0.879. The normalized spacial score (nSPS) is 9.08. The fourth-order valence-corrected chi connectivity index (χ4v) is 0.879. The van der Waals surface area contributed by atoms with Crippen LogP contribution in [0.3, 0.4) is 0 Å². The molecule has 74 valence electrons. The van der Waals surface area contributed by atoms with Gasteiger partial charge >= 0.3 is 5.97 Å². The fraction of sp³-hybridized carbons (Fsp3) is 0.429. The molecule has 0 aliphatic carbocycles. The molecule has 0 unspecified atom stereocenters. The maximum absolute atomic E-state index is 10.8. The second-order valence-electron chi connectivity index (χ2n) is 2.44. The van der Waals surface area contributed by atoms with E-state index in [-0.39, 0.29) is 24.9 Å². The molecule has 1 aromatic rings. The van der Waals surface area contributed by atoms with Gasteiger partial charge in [-0.15, -0.1) is 12.4 Å². The van der Waals surface area contributed by atoms with Crippen molar-refractivity contribution in [3.63, 3.8) is 0 Å². The number of aromatic nitrogens is 2. The number of nitrogen functional groups attached to an aromatic ring is 1. The Labute approximate surface area is 82.3 Å². The minimum atomic E-state index is -0.357. The number of hydrogen-bond acceptors (Lipinski definition) is 4. The number of esters is 1. The third-order valence-electron chi connectivity index (χ3n) is 1.44. The molecule has 6 heteroatoms. The number of aryl methyl sites for hydroxylation is 1. The van der Waals surface area contributed by atoms with E-state index in [1.54, 1.807) is 6.07 Å². The summed E-state index contributed by atoms with van der Waals surface area (Å²) in [5, 5.41) is 3.99. The molecular formula is C7H12ClN3O2. The third kappa shape index (κ3) is 2.95. The van der Waals surface area contributed by atoms with Crippen molar-refractivity contribution in [2.45, 2.75) is 13.5 Å². The van der Waals surface area contributed by atoms with Crippen molar-refractivity contribution in [2.75, 3.05) is 12.8 Å². The monoisotopic (exact) mass is 205 g/mol. The average molecular weight is 206 g/mol. The number of rotatable bonds is 2. The predicted octanol–water partition coefficient (Wildman–Crippen LogP) is 0.369. The second-order valence-corrected chi connectivity index (χ2v) is 2.44. The molecule has 1 aromatic heterocycles. The van der Waals surface area contributed by atoms with Crippen LogP contribution in [-0.4, -0.2) is 22.9 Å². The summed E-state index contributed by atoms with van der Waals surface area (Å²) in [5.74, 6) is 0.114. The number of nitrogens with zero attached hydrogens (tertiary/aromatic N) is 2. The van der Waals surface area contributed by atoms with E-state index in [9.17, 15) is 4.79 Å². The third-order valence-corrected chi connectivity index (χ3v) is 1.44. The maximum Gasteiger partial charge on any atom is 0.327 e. The summed E-state index contributed by atoms with van der Waals surface area (Å²) >= 11 is 0. The number of halogens is 1. The van der Waals surface area contributed by atoms with Crippen LogP contribution in [0, 0.1) is 6.92 Å². The van der Waals surface area contributed by atoms with E-state index in [4.69, 9.17) is 5.73 Å². The summed E-state index contributed by atoms with van der Waals surface area (Å²) in [4.78, 5) is 10.8. The molecule has 0 aromatic carbocycles. The van der Waals surface area contributed by atoms with Gasteiger partial charge in [0, 0.05) is 6.07 Å². The standard InChI is InChI=1S/C7H11N3O2.ClH/c1-5-3-6(8)10(9-5)4-7(11)12-2;/h3H,4,8H2,1-2H3;1H. The van der Waals surface area contributed by atoms with Gasteiger partial charge in [-0.05, 0) is 6.92 Å². The number of carbonyl (C=O) groups is 1. The molecule has 0 fully saturated rings. The van der Waals surface area contributed by atoms with Gasteiger partial charge in [-0.1, -0.05) is 0 Å². The minimum absolute atomic E-state index is 0. The first kappa shape index (κ1) is 11.8. The first-order valence-electron chi connectivity index (χ1n) is 3.50. The molecule has 0 aliphatic heterocycles. The number of nitrogens with two attached hydrogens (primary N) is 1. The highest BCUT2D eigenvalue weighted by Crippen LogP contribution is 2.04. The molecule has 2 N–H and O–H groups in total. The Morgan fingerprint density at radius 1 is 1.77 bits per heavy atom. The van der Waals surface area contributed by atoms with Gasteiger partial charge in [-0.2, -0.15) is 5.10 Å². The molecule has 1 rings (SSSR count). The van der Waals surface area contributed by atoms with Crippen molar-refractivity contribution in [1.82, 2.24) is 9.78 Å². The lowest BCUT2D eigenvalue weighted by Gasteiger charge is -2.00. The Bertz CT molecular complexity index is 298. The number of ether oxygens (including phenoxy) is 1. The first-order chi connectivity index (χ1) is 5.63. The number of hydrogen-bond donors (Lipinski definition) is 1. The molecule has 0 saturated heterocycles. The highest BCUT2D eigenvalue weighted by atomic mass is 35.5. The molecule has 0 atom stereocenters. The summed E-state index contributed by atoms with van der Waals surface area (Å²) in [6.07, 6.45) is 0. The Morgan fingerprint density at radius 2 is 2.38 bits per heavy atom. The molecule has 0 saturated carbocycles. The van der Waals surface area contributed by atoms with Gasteiger partial charge < -0.3 is 10.5 Å². The summed E-state index contributed by atoms with van der Waals surface area (Å²) in [5.41, 5.74) is 6.33. The van der Waals surface area contributed by atoms with Gasteiger partial charge in [0.15, 0.2) is 0 Å². The van der Waals surface area contributed by atoms with Crippen LogP contribution in [0.1, 0.15) is 5.69 Å². The van der Waals surface area contributed by atoms with Gasteiger partial charge in [0.25, 0.3) is 0 Å². The predicted molar refractivity (Wildman–Crippen MR) is 50.6 cm³/mol. The molecule has 0 aliphatic rings. The zero-order valence-corrected chi connectivity index (χ0v) is 8.30. The van der Waals surface area contributed by atoms with Gasteiger partial charge in [0.2, 0.25) is 0 Å². The van der Waals surface area contributed by atoms with Gasteiger partial charge in [-0.25, -0.2) is 4.68 Å². The van der Waals surface area contributed by atoms with Gasteiger partial charge in [0.1, 0.15) is 12.4 Å². The molecule has 5 nitrogen and oxygen atoms in total. The lowest BCUT2D eigenvalue weighted by molar-refractivity contribution is -0.141. The maximum atomic E-state index is 10.8. The lowest BCUT2D eigenvalue weighted by Crippen LogP contribution is -2.14. The van der Waals surface area contributed by atoms with Crippen molar-refractivity contribution in [3.05, 3.63) is 11.8 Å². The van der Waals surface area contributed by atoms with Gasteiger partial charge in [-0.3, -0.25) is 4.79 Å². The molecule has 13 heavy (non-hydrogen) atoms. The average Bonchev–Trinajstić information content (AvgIpc) is 2.30. The topological polar surface area (TPSA) is 70.1 Å².